The molecule has 7 N–H and O–H groups in total. The average molecular weight is 428 g/mol. The molecule has 0 saturated carbocycles. The van der Waals surface area contributed by atoms with Gasteiger partial charge in [-0.1, -0.05) is 18.2 Å². The lowest BCUT2D eigenvalue weighted by Gasteiger charge is -2.16. The molecule has 1 saturated heterocycles. The van der Waals surface area contributed by atoms with Gasteiger partial charge in [-0.2, -0.15) is 0 Å². The molecule has 0 aliphatic carbocycles. The van der Waals surface area contributed by atoms with E-state index in [-0.39, 0.29) is 17.9 Å². The number of carbonyl (C=O) groups excluding carboxylic acids is 1. The summed E-state index contributed by atoms with van der Waals surface area (Å²) in [6, 6.07) is 4.06. The fraction of sp³-hybridized carbons (Fsp3) is 0.263. The number of aromatic nitrogens is 4. The van der Waals surface area contributed by atoms with E-state index in [1.807, 2.05) is 0 Å². The maximum atomic E-state index is 12.1. The summed E-state index contributed by atoms with van der Waals surface area (Å²) in [5.74, 6) is -1.32. The first-order valence-electron chi connectivity index (χ1n) is 9.29. The minimum atomic E-state index is -1.26. The van der Waals surface area contributed by atoms with E-state index in [4.69, 9.17) is 10.5 Å². The van der Waals surface area contributed by atoms with Crippen LogP contribution in [0.4, 0.5) is 5.82 Å². The minimum Gasteiger partial charge on any atom is -0.504 e. The number of aromatic hydroxyl groups is 2. The van der Waals surface area contributed by atoms with Crippen molar-refractivity contribution in [1.82, 2.24) is 24.8 Å². The molecule has 4 rings (SSSR count). The predicted octanol–water partition coefficient (Wildman–Crippen LogP) is -0.575. The predicted molar refractivity (Wildman–Crippen MR) is 107 cm³/mol. The van der Waals surface area contributed by atoms with Crippen LogP contribution in [0.2, 0.25) is 0 Å². The van der Waals surface area contributed by atoms with Crippen molar-refractivity contribution < 1.29 is 30.0 Å². The number of imidazole rings is 1. The van der Waals surface area contributed by atoms with Crippen molar-refractivity contribution in [3.05, 3.63) is 48.6 Å². The lowest BCUT2D eigenvalue weighted by Crippen LogP contribution is -2.31. The topological polar surface area (TPSA) is 189 Å². The molecule has 31 heavy (non-hydrogen) atoms. The van der Waals surface area contributed by atoms with Gasteiger partial charge >= 0.3 is 0 Å². The second kappa shape index (κ2) is 8.18. The lowest BCUT2D eigenvalue weighted by molar-refractivity contribution is -0.0245. The Balaban J connectivity index is 1.41. The Morgan fingerprint density at radius 3 is 2.84 bits per heavy atom. The molecule has 1 aromatic carbocycles. The van der Waals surface area contributed by atoms with E-state index in [2.05, 4.69) is 20.3 Å². The second-order valence-corrected chi connectivity index (χ2v) is 6.87. The third-order valence-electron chi connectivity index (χ3n) is 4.90. The van der Waals surface area contributed by atoms with Crippen LogP contribution in [-0.2, 0) is 4.74 Å². The molecule has 1 aliphatic rings. The number of benzene rings is 1. The van der Waals surface area contributed by atoms with Gasteiger partial charge in [0, 0.05) is 6.54 Å². The molecular weight excluding hydrogens is 408 g/mol. The van der Waals surface area contributed by atoms with Crippen LogP contribution in [0.5, 0.6) is 11.5 Å². The number of nitrogens with zero attached hydrogens (tertiary/aromatic N) is 4. The summed E-state index contributed by atoms with van der Waals surface area (Å²) in [6.07, 6.45) is 1.38. The number of phenols is 2. The van der Waals surface area contributed by atoms with Crippen LogP contribution in [0.15, 0.2) is 43.0 Å². The number of nitrogen functional groups attached to an aromatic ring is 1. The summed E-state index contributed by atoms with van der Waals surface area (Å²) in [6.45, 7) is 0.0546. The highest BCUT2D eigenvalue weighted by Crippen LogP contribution is 2.32. The highest BCUT2D eigenvalue weighted by molar-refractivity contribution is 5.97. The molecule has 12 nitrogen and oxygen atoms in total. The Hall–Kier alpha value is -3.74. The number of rotatable bonds is 5. The smallest absolute Gasteiger partial charge is 0.255 e. The van der Waals surface area contributed by atoms with E-state index in [9.17, 15) is 25.2 Å². The van der Waals surface area contributed by atoms with Crippen molar-refractivity contribution in [1.29, 1.82) is 0 Å². The van der Waals surface area contributed by atoms with E-state index < -0.39 is 41.9 Å². The number of aliphatic hydroxyl groups excluding tert-OH is 2. The Morgan fingerprint density at radius 2 is 2.03 bits per heavy atom. The Morgan fingerprint density at radius 1 is 1.23 bits per heavy atom. The summed E-state index contributed by atoms with van der Waals surface area (Å²) >= 11 is 0. The van der Waals surface area contributed by atoms with Crippen molar-refractivity contribution in [3.63, 3.8) is 0 Å². The number of nitrogens with two attached hydrogens (primary N) is 1. The summed E-state index contributed by atoms with van der Waals surface area (Å²) in [5.41, 5.74) is 6.40. The van der Waals surface area contributed by atoms with Crippen LogP contribution >= 0.6 is 0 Å². The molecule has 0 bridgehead atoms. The first-order valence-corrected chi connectivity index (χ1v) is 9.29. The van der Waals surface area contributed by atoms with Crippen LogP contribution in [-0.4, -0.2) is 70.7 Å². The van der Waals surface area contributed by atoms with Crippen LogP contribution in [0.25, 0.3) is 11.2 Å². The molecule has 1 fully saturated rings. The third kappa shape index (κ3) is 3.74. The van der Waals surface area contributed by atoms with Crippen molar-refractivity contribution in [2.75, 3.05) is 12.3 Å². The fourth-order valence-corrected chi connectivity index (χ4v) is 3.29. The molecular formula is C19H20N6O6. The van der Waals surface area contributed by atoms with Gasteiger partial charge in [0.05, 0.1) is 11.9 Å². The highest BCUT2D eigenvalue weighted by Gasteiger charge is 2.43. The maximum Gasteiger partial charge on any atom is 0.255 e. The first-order chi connectivity index (χ1) is 14.9. The standard InChI is InChI=1S/C19H20N6O6/c20-16-12-17(23-7-22-16)25(8-24-12)19-15(29)14(28)11(31-19)5-2-6-21-18(30)9-3-1-4-10(26)13(9)27/h1-5,7-8,11,14-15,19,26-29H,6H2,(H,21,30)(H2,20,22,23)/b5-2+. The fourth-order valence-electron chi connectivity index (χ4n) is 3.29. The minimum absolute atomic E-state index is 0.0546. The van der Waals surface area contributed by atoms with Gasteiger partial charge in [-0.05, 0) is 12.1 Å². The zero-order valence-electron chi connectivity index (χ0n) is 16.0. The molecule has 4 unspecified atom stereocenters. The van der Waals surface area contributed by atoms with Gasteiger partial charge in [0.25, 0.3) is 5.91 Å². The Bertz CT molecular complexity index is 1150. The van der Waals surface area contributed by atoms with Gasteiger partial charge in [0.2, 0.25) is 0 Å². The van der Waals surface area contributed by atoms with E-state index in [1.54, 1.807) is 0 Å². The first kappa shape index (κ1) is 20.5. The number of phenolic OH excluding ortho intramolecular Hbond substituents is 2. The van der Waals surface area contributed by atoms with Crippen LogP contribution < -0.4 is 11.1 Å². The third-order valence-corrected chi connectivity index (χ3v) is 4.90. The zero-order chi connectivity index (χ0) is 22.1. The SMILES string of the molecule is Nc1ncnc2c1ncn2C1OC(/C=C/CNC(=O)c2cccc(O)c2O)C(O)C1O. The zero-order valence-corrected chi connectivity index (χ0v) is 16.0. The quantitative estimate of drug-likeness (QED) is 0.227. The van der Waals surface area contributed by atoms with E-state index in [0.29, 0.717) is 11.2 Å². The van der Waals surface area contributed by atoms with Gasteiger partial charge in [-0.25, -0.2) is 15.0 Å². The average Bonchev–Trinajstić information content (AvgIpc) is 3.30. The number of anilines is 1. The van der Waals surface area contributed by atoms with Crippen LogP contribution in [0.3, 0.4) is 0 Å². The van der Waals surface area contributed by atoms with E-state index in [0.717, 1.165) is 0 Å². The second-order valence-electron chi connectivity index (χ2n) is 6.87. The highest BCUT2D eigenvalue weighted by atomic mass is 16.6. The van der Waals surface area contributed by atoms with Crippen molar-refractivity contribution in [3.8, 4) is 11.5 Å². The van der Waals surface area contributed by atoms with Gasteiger partial charge in [-0.15, -0.1) is 0 Å². The number of para-hydroxylation sites is 1. The maximum absolute atomic E-state index is 12.1. The summed E-state index contributed by atoms with van der Waals surface area (Å²) in [7, 11) is 0. The molecule has 2 aromatic heterocycles. The van der Waals surface area contributed by atoms with Crippen LogP contribution in [0, 0.1) is 0 Å². The number of hydrogen-bond acceptors (Lipinski definition) is 10. The Kier molecular flexibility index (Phi) is 5.42. The van der Waals surface area contributed by atoms with Crippen LogP contribution in [0.1, 0.15) is 16.6 Å². The largest absolute Gasteiger partial charge is 0.504 e. The summed E-state index contributed by atoms with van der Waals surface area (Å²) in [4.78, 5) is 24.2. The molecule has 4 atom stereocenters. The lowest BCUT2D eigenvalue weighted by atomic mass is 10.1. The monoisotopic (exact) mass is 428 g/mol. The molecule has 3 aromatic rings. The summed E-state index contributed by atoms with van der Waals surface area (Å²) < 4.78 is 7.21. The van der Waals surface area contributed by atoms with E-state index >= 15 is 0 Å². The van der Waals surface area contributed by atoms with Gasteiger partial charge < -0.3 is 36.2 Å². The molecule has 1 amide bonds. The van der Waals surface area contributed by atoms with Crippen molar-refractivity contribution >= 4 is 22.9 Å². The molecule has 162 valence electrons. The summed E-state index contributed by atoms with van der Waals surface area (Å²) in [5, 5.41) is 42.5. The number of hydrogen-bond donors (Lipinski definition) is 6. The Labute approximate surface area is 175 Å². The molecule has 3 heterocycles. The molecule has 1 aliphatic heterocycles. The van der Waals surface area contributed by atoms with Gasteiger partial charge in [0.1, 0.15) is 30.2 Å². The van der Waals surface area contributed by atoms with Crippen molar-refractivity contribution in [2.45, 2.75) is 24.5 Å². The number of fused-ring (bicyclic) bond motifs is 1. The van der Waals surface area contributed by atoms with E-state index in [1.165, 1.54) is 47.6 Å². The number of carbonyl (C=O) groups is 1. The number of amides is 1. The number of nitrogens with one attached hydrogen (secondary N) is 1. The normalized spacial score (nSPS) is 23.5. The van der Waals surface area contributed by atoms with Crippen molar-refractivity contribution in [2.24, 2.45) is 0 Å². The van der Waals surface area contributed by atoms with Gasteiger partial charge in [0.15, 0.2) is 29.2 Å². The molecule has 0 radical (unpaired) electrons. The number of ether oxygens (including phenoxy) is 1. The molecule has 12 heteroatoms. The van der Waals surface area contributed by atoms with Gasteiger partial charge in [-0.3, -0.25) is 9.36 Å². The number of aliphatic hydroxyl groups is 2. The molecule has 0 spiro atoms.